The summed E-state index contributed by atoms with van der Waals surface area (Å²) in [5, 5.41) is 0.714. The van der Waals surface area contributed by atoms with Crippen molar-refractivity contribution in [2.45, 2.75) is 64.1 Å². The predicted molar refractivity (Wildman–Crippen MR) is 63.3 cm³/mol. The van der Waals surface area contributed by atoms with Crippen LogP contribution in [0.4, 0.5) is 0 Å². The SMILES string of the molecule is BC12CCCC3(C)CC(C)(CC3C1)C2. The summed E-state index contributed by atoms with van der Waals surface area (Å²) >= 11 is 0. The van der Waals surface area contributed by atoms with E-state index in [4.69, 9.17) is 0 Å². The molecule has 0 amide bonds. The topological polar surface area (TPSA) is 0 Å². The molecule has 4 unspecified atom stereocenters. The van der Waals surface area contributed by atoms with E-state index in [1.807, 2.05) is 0 Å². The molecule has 0 aliphatic heterocycles. The Morgan fingerprint density at radius 3 is 2.64 bits per heavy atom. The lowest BCUT2D eigenvalue weighted by Crippen LogP contribution is -2.29. The largest absolute Gasteiger partial charge is 0.109 e. The summed E-state index contributed by atoms with van der Waals surface area (Å²) in [5.74, 6) is 1.06. The van der Waals surface area contributed by atoms with E-state index in [1.165, 1.54) is 32.1 Å². The van der Waals surface area contributed by atoms with Crippen LogP contribution in [0.5, 0.6) is 0 Å². The van der Waals surface area contributed by atoms with Gasteiger partial charge in [-0.05, 0) is 42.4 Å². The highest BCUT2D eigenvalue weighted by molar-refractivity contribution is 6.15. The molecule has 14 heavy (non-hydrogen) atoms. The maximum Gasteiger partial charge on any atom is 0.109 e. The quantitative estimate of drug-likeness (QED) is 0.514. The second-order valence-corrected chi connectivity index (χ2v) is 7.59. The van der Waals surface area contributed by atoms with Gasteiger partial charge in [0.2, 0.25) is 0 Å². The molecule has 3 aliphatic carbocycles. The van der Waals surface area contributed by atoms with Crippen LogP contribution in [0.25, 0.3) is 0 Å². The Kier molecular flexibility index (Phi) is 1.60. The van der Waals surface area contributed by atoms with Crippen LogP contribution in [-0.2, 0) is 0 Å². The molecule has 3 bridgehead atoms. The fraction of sp³-hybridized carbons (Fsp3) is 1.00. The number of hydrogen-bond acceptors (Lipinski definition) is 0. The fourth-order valence-corrected chi connectivity index (χ4v) is 5.59. The summed E-state index contributed by atoms with van der Waals surface area (Å²) in [6.07, 6.45) is 10.7. The molecule has 3 fully saturated rings. The van der Waals surface area contributed by atoms with Crippen molar-refractivity contribution in [1.82, 2.24) is 0 Å². The van der Waals surface area contributed by atoms with Gasteiger partial charge in [0, 0.05) is 0 Å². The molecule has 3 aliphatic rings. The first-order chi connectivity index (χ1) is 6.43. The third-order valence-corrected chi connectivity index (χ3v) is 5.68. The van der Waals surface area contributed by atoms with E-state index in [9.17, 15) is 0 Å². The standard InChI is InChI=1S/C13H23B/c1-11-6-10-7-13(14,9-11)5-3-4-12(10,2)8-11/h10H,3-9,14H2,1-2H3. The van der Waals surface area contributed by atoms with Gasteiger partial charge in [0.05, 0.1) is 0 Å². The Morgan fingerprint density at radius 2 is 1.86 bits per heavy atom. The summed E-state index contributed by atoms with van der Waals surface area (Å²) in [6.45, 7) is 5.15. The van der Waals surface area contributed by atoms with E-state index in [0.717, 1.165) is 11.3 Å². The third-order valence-electron chi connectivity index (χ3n) is 5.68. The van der Waals surface area contributed by atoms with Crippen LogP contribution in [0.2, 0.25) is 5.31 Å². The summed E-state index contributed by atoms with van der Waals surface area (Å²) in [4.78, 5) is 0. The van der Waals surface area contributed by atoms with Crippen molar-refractivity contribution in [2.24, 2.45) is 16.7 Å². The first kappa shape index (κ1) is 9.30. The first-order valence-corrected chi connectivity index (χ1v) is 6.43. The van der Waals surface area contributed by atoms with E-state index in [-0.39, 0.29) is 0 Å². The minimum Gasteiger partial charge on any atom is -0.0596 e. The highest BCUT2D eigenvalue weighted by atomic mass is 14.6. The molecule has 1 heteroatoms. The fourth-order valence-electron chi connectivity index (χ4n) is 5.59. The normalized spacial score (nSPS) is 61.4. The zero-order chi connectivity index (χ0) is 10.0. The molecule has 0 spiro atoms. The lowest BCUT2D eigenvalue weighted by Gasteiger charge is -2.42. The molecule has 78 valence electrons. The molecule has 3 saturated carbocycles. The van der Waals surface area contributed by atoms with Crippen molar-refractivity contribution < 1.29 is 0 Å². The average molecular weight is 190 g/mol. The minimum atomic E-state index is 0.714. The van der Waals surface area contributed by atoms with E-state index in [0.29, 0.717) is 10.7 Å². The van der Waals surface area contributed by atoms with Gasteiger partial charge in [0.25, 0.3) is 0 Å². The molecule has 0 aromatic carbocycles. The molecule has 0 N–H and O–H groups in total. The number of fused-ring (bicyclic) bond motifs is 2. The Labute approximate surface area is 89.3 Å². The van der Waals surface area contributed by atoms with Gasteiger partial charge in [0.15, 0.2) is 0 Å². The third kappa shape index (κ3) is 1.14. The Hall–Kier alpha value is 0.0649. The maximum absolute atomic E-state index is 2.58. The van der Waals surface area contributed by atoms with Gasteiger partial charge >= 0.3 is 0 Å². The van der Waals surface area contributed by atoms with Gasteiger partial charge in [-0.1, -0.05) is 38.4 Å². The average Bonchev–Trinajstić information content (AvgIpc) is 2.10. The molecule has 0 saturated heterocycles. The Balaban J connectivity index is 2.04. The van der Waals surface area contributed by atoms with Gasteiger partial charge in [0.1, 0.15) is 7.85 Å². The monoisotopic (exact) mass is 190 g/mol. The molecular formula is C13H23B. The molecule has 0 radical (unpaired) electrons. The second-order valence-electron chi connectivity index (χ2n) is 7.59. The molecular weight excluding hydrogens is 167 g/mol. The number of rotatable bonds is 0. The van der Waals surface area contributed by atoms with E-state index in [1.54, 1.807) is 12.8 Å². The lowest BCUT2D eigenvalue weighted by atomic mass is 9.52. The minimum absolute atomic E-state index is 0.714. The summed E-state index contributed by atoms with van der Waals surface area (Å²) in [7, 11) is 2.56. The molecule has 0 aromatic heterocycles. The van der Waals surface area contributed by atoms with Crippen LogP contribution in [0.15, 0.2) is 0 Å². The highest BCUT2D eigenvalue weighted by Gasteiger charge is 2.57. The van der Waals surface area contributed by atoms with Crippen molar-refractivity contribution in [1.29, 1.82) is 0 Å². The zero-order valence-electron chi connectivity index (χ0n) is 10.0. The van der Waals surface area contributed by atoms with Gasteiger partial charge in [-0.3, -0.25) is 0 Å². The highest BCUT2D eigenvalue weighted by Crippen LogP contribution is 2.70. The lowest BCUT2D eigenvalue weighted by molar-refractivity contribution is 0.179. The van der Waals surface area contributed by atoms with Gasteiger partial charge < -0.3 is 0 Å². The Bertz CT molecular complexity index is 268. The van der Waals surface area contributed by atoms with Crippen LogP contribution in [0.3, 0.4) is 0 Å². The smallest absolute Gasteiger partial charge is 0.0596 e. The predicted octanol–water partition coefficient (Wildman–Crippen LogP) is 3.18. The van der Waals surface area contributed by atoms with Crippen molar-refractivity contribution >= 4 is 7.85 Å². The van der Waals surface area contributed by atoms with Crippen molar-refractivity contribution in [2.75, 3.05) is 0 Å². The van der Waals surface area contributed by atoms with Gasteiger partial charge in [-0.15, -0.1) is 0 Å². The van der Waals surface area contributed by atoms with Crippen LogP contribution < -0.4 is 0 Å². The molecule has 3 rings (SSSR count). The van der Waals surface area contributed by atoms with E-state index in [2.05, 4.69) is 21.7 Å². The second kappa shape index (κ2) is 2.41. The van der Waals surface area contributed by atoms with Crippen LogP contribution in [0.1, 0.15) is 58.8 Å². The van der Waals surface area contributed by atoms with Crippen molar-refractivity contribution in [3.05, 3.63) is 0 Å². The van der Waals surface area contributed by atoms with E-state index < -0.39 is 0 Å². The summed E-state index contributed by atoms with van der Waals surface area (Å²) < 4.78 is 0. The molecule has 0 nitrogen and oxygen atoms in total. The summed E-state index contributed by atoms with van der Waals surface area (Å²) in [5.41, 5.74) is 1.44. The molecule has 4 atom stereocenters. The summed E-state index contributed by atoms with van der Waals surface area (Å²) in [6, 6.07) is 0. The molecule has 0 heterocycles. The van der Waals surface area contributed by atoms with Crippen LogP contribution in [-0.4, -0.2) is 7.85 Å². The van der Waals surface area contributed by atoms with Crippen molar-refractivity contribution in [3.8, 4) is 0 Å². The zero-order valence-corrected chi connectivity index (χ0v) is 10.0. The van der Waals surface area contributed by atoms with Gasteiger partial charge in [-0.2, -0.15) is 0 Å². The Morgan fingerprint density at radius 1 is 1.07 bits per heavy atom. The van der Waals surface area contributed by atoms with Crippen LogP contribution >= 0.6 is 0 Å². The maximum atomic E-state index is 2.58. The van der Waals surface area contributed by atoms with Crippen molar-refractivity contribution in [3.63, 3.8) is 0 Å². The molecule has 0 aromatic rings. The van der Waals surface area contributed by atoms with E-state index >= 15 is 0 Å². The number of hydrogen-bond donors (Lipinski definition) is 0. The van der Waals surface area contributed by atoms with Gasteiger partial charge in [-0.25, -0.2) is 0 Å². The first-order valence-electron chi connectivity index (χ1n) is 6.43. The van der Waals surface area contributed by atoms with Crippen LogP contribution in [0, 0.1) is 16.7 Å².